The van der Waals surface area contributed by atoms with Crippen LogP contribution in [0.15, 0.2) is 30.3 Å². The summed E-state index contributed by atoms with van der Waals surface area (Å²) in [6.07, 6.45) is 2.79. The number of carbonyl (C=O) groups excluding carboxylic acids is 1. The second-order valence-electron chi connectivity index (χ2n) is 5.77. The highest BCUT2D eigenvalue weighted by atomic mass is 16.5. The summed E-state index contributed by atoms with van der Waals surface area (Å²) in [6, 6.07) is 10.3. The molecule has 1 aromatic rings. The van der Waals surface area contributed by atoms with Crippen LogP contribution in [-0.2, 0) is 9.53 Å². The van der Waals surface area contributed by atoms with Gasteiger partial charge in [-0.15, -0.1) is 0 Å². The molecule has 4 nitrogen and oxygen atoms in total. The summed E-state index contributed by atoms with van der Waals surface area (Å²) in [4.78, 5) is 14.8. The van der Waals surface area contributed by atoms with Crippen LogP contribution in [0.5, 0.6) is 0 Å². The van der Waals surface area contributed by atoms with Crippen molar-refractivity contribution in [2.24, 2.45) is 0 Å². The zero-order chi connectivity index (χ0) is 14.2. The third kappa shape index (κ3) is 2.13. The van der Waals surface area contributed by atoms with E-state index in [-0.39, 0.29) is 23.7 Å². The van der Waals surface area contributed by atoms with Crippen LogP contribution in [0.4, 0.5) is 0 Å². The minimum Gasteiger partial charge on any atom is -0.383 e. The number of hydrogen-bond donors (Lipinski definition) is 1. The summed E-state index contributed by atoms with van der Waals surface area (Å²) in [6.45, 7) is 2.69. The molecule has 0 aromatic heterocycles. The van der Waals surface area contributed by atoms with Crippen LogP contribution in [0.2, 0.25) is 0 Å². The number of amides is 1. The third-order valence-electron chi connectivity index (χ3n) is 4.42. The van der Waals surface area contributed by atoms with Crippen molar-refractivity contribution in [1.29, 1.82) is 0 Å². The second-order valence-corrected chi connectivity index (χ2v) is 5.77. The van der Waals surface area contributed by atoms with Gasteiger partial charge in [-0.05, 0) is 24.8 Å². The Labute approximate surface area is 120 Å². The van der Waals surface area contributed by atoms with Gasteiger partial charge in [0.2, 0.25) is 5.91 Å². The number of benzene rings is 1. The minimum absolute atomic E-state index is 0.0219. The molecule has 0 bridgehead atoms. The van der Waals surface area contributed by atoms with Crippen LogP contribution in [0.3, 0.4) is 0 Å². The highest BCUT2D eigenvalue weighted by Gasteiger charge is 2.60. The number of nitrogens with one attached hydrogen (secondary N) is 1. The molecule has 1 heterocycles. The molecule has 1 aromatic carbocycles. The lowest BCUT2D eigenvalue weighted by atomic mass is 10.1. The van der Waals surface area contributed by atoms with Crippen LogP contribution < -0.4 is 5.32 Å². The molecule has 1 saturated heterocycles. The summed E-state index contributed by atoms with van der Waals surface area (Å²) in [5.74, 6) is 0.246. The van der Waals surface area contributed by atoms with Gasteiger partial charge in [-0.3, -0.25) is 10.1 Å². The van der Waals surface area contributed by atoms with Crippen molar-refractivity contribution in [3.05, 3.63) is 35.9 Å². The molecule has 1 spiro atoms. The van der Waals surface area contributed by atoms with E-state index >= 15 is 0 Å². The van der Waals surface area contributed by atoms with Gasteiger partial charge in [0.05, 0.1) is 12.6 Å². The average molecular weight is 274 g/mol. The van der Waals surface area contributed by atoms with E-state index in [0.717, 1.165) is 24.8 Å². The first-order valence-electron chi connectivity index (χ1n) is 7.36. The molecule has 1 aliphatic heterocycles. The molecule has 3 rings (SSSR count). The van der Waals surface area contributed by atoms with E-state index in [9.17, 15) is 4.79 Å². The molecule has 1 amide bonds. The predicted molar refractivity (Wildman–Crippen MR) is 77.1 cm³/mol. The largest absolute Gasteiger partial charge is 0.383 e. The minimum atomic E-state index is -0.290. The number of nitrogens with zero attached hydrogens (tertiary/aromatic N) is 1. The predicted octanol–water partition coefficient (Wildman–Crippen LogP) is 2.07. The lowest BCUT2D eigenvalue weighted by Crippen LogP contribution is -2.42. The van der Waals surface area contributed by atoms with E-state index < -0.39 is 0 Å². The third-order valence-corrected chi connectivity index (χ3v) is 4.42. The molecule has 2 fully saturated rings. The number of hydrogen-bond acceptors (Lipinski definition) is 3. The molecule has 0 radical (unpaired) electrons. The first-order chi connectivity index (χ1) is 9.72. The first kappa shape index (κ1) is 13.6. The second kappa shape index (κ2) is 5.19. The van der Waals surface area contributed by atoms with Crippen LogP contribution in [0, 0.1) is 0 Å². The van der Waals surface area contributed by atoms with Crippen molar-refractivity contribution < 1.29 is 9.53 Å². The van der Waals surface area contributed by atoms with Crippen molar-refractivity contribution >= 4 is 5.91 Å². The fourth-order valence-corrected chi connectivity index (χ4v) is 3.08. The summed E-state index contributed by atoms with van der Waals surface area (Å²) in [7, 11) is 1.70. The van der Waals surface area contributed by atoms with Gasteiger partial charge in [-0.2, -0.15) is 0 Å². The van der Waals surface area contributed by atoms with Crippen LogP contribution in [-0.4, -0.2) is 36.1 Å². The molecule has 2 atom stereocenters. The lowest BCUT2D eigenvalue weighted by molar-refractivity contribution is -0.134. The number of carbonyl (C=O) groups is 1. The summed E-state index contributed by atoms with van der Waals surface area (Å²) in [5, 5.41) is 3.55. The van der Waals surface area contributed by atoms with E-state index in [2.05, 4.69) is 24.4 Å². The maximum Gasteiger partial charge on any atom is 0.244 e. The highest BCUT2D eigenvalue weighted by Crippen LogP contribution is 2.46. The van der Waals surface area contributed by atoms with E-state index in [0.29, 0.717) is 6.61 Å². The standard InChI is InChI=1S/C16H22N2O2/c1-3-13(11-20-2)18-14(12-7-5-4-6-8-12)17-16(9-10-16)15(18)19/h4-8,13-14,17H,3,9-11H2,1-2H3. The highest BCUT2D eigenvalue weighted by molar-refractivity contribution is 5.92. The van der Waals surface area contributed by atoms with E-state index in [4.69, 9.17) is 4.74 Å². The molecule has 108 valence electrons. The average Bonchev–Trinajstić information content (AvgIpc) is 3.21. The normalized spacial score (nSPS) is 25.2. The maximum atomic E-state index is 12.8. The van der Waals surface area contributed by atoms with E-state index in [1.165, 1.54) is 0 Å². The smallest absolute Gasteiger partial charge is 0.244 e. The van der Waals surface area contributed by atoms with Gasteiger partial charge >= 0.3 is 0 Å². The van der Waals surface area contributed by atoms with E-state index in [1.54, 1.807) is 7.11 Å². The Hall–Kier alpha value is -1.39. The van der Waals surface area contributed by atoms with Gasteiger partial charge in [-0.25, -0.2) is 0 Å². The van der Waals surface area contributed by atoms with Gasteiger partial charge < -0.3 is 9.64 Å². The Morgan fingerprint density at radius 2 is 2.10 bits per heavy atom. The van der Waals surface area contributed by atoms with Crippen molar-refractivity contribution in [3.8, 4) is 0 Å². The topological polar surface area (TPSA) is 41.6 Å². The van der Waals surface area contributed by atoms with E-state index in [1.807, 2.05) is 23.1 Å². The number of methoxy groups -OCH3 is 1. The van der Waals surface area contributed by atoms with Crippen LogP contribution >= 0.6 is 0 Å². The molecule has 1 saturated carbocycles. The summed E-state index contributed by atoms with van der Waals surface area (Å²) >= 11 is 0. The maximum absolute atomic E-state index is 12.8. The Balaban J connectivity index is 1.92. The Kier molecular flexibility index (Phi) is 3.52. The van der Waals surface area contributed by atoms with Gasteiger partial charge in [-0.1, -0.05) is 37.3 Å². The molecule has 1 aliphatic carbocycles. The fourth-order valence-electron chi connectivity index (χ4n) is 3.08. The Morgan fingerprint density at radius 1 is 1.40 bits per heavy atom. The SMILES string of the molecule is CCC(COC)N1C(=O)C2(CC2)NC1c1ccccc1. The van der Waals surface area contributed by atoms with Gasteiger partial charge in [0, 0.05) is 7.11 Å². The molecule has 4 heteroatoms. The van der Waals surface area contributed by atoms with Crippen molar-refractivity contribution in [2.75, 3.05) is 13.7 Å². The van der Waals surface area contributed by atoms with Crippen molar-refractivity contribution in [3.63, 3.8) is 0 Å². The number of rotatable bonds is 5. The zero-order valence-corrected chi connectivity index (χ0v) is 12.1. The molecular formula is C16H22N2O2. The van der Waals surface area contributed by atoms with Crippen molar-refractivity contribution in [2.45, 2.75) is 43.9 Å². The van der Waals surface area contributed by atoms with Crippen LogP contribution in [0.25, 0.3) is 0 Å². The fraction of sp³-hybridized carbons (Fsp3) is 0.562. The lowest BCUT2D eigenvalue weighted by Gasteiger charge is -2.32. The zero-order valence-electron chi connectivity index (χ0n) is 12.1. The molecule has 20 heavy (non-hydrogen) atoms. The monoisotopic (exact) mass is 274 g/mol. The first-order valence-corrected chi connectivity index (χ1v) is 7.36. The summed E-state index contributed by atoms with van der Waals surface area (Å²) < 4.78 is 5.31. The molecule has 2 unspecified atom stereocenters. The van der Waals surface area contributed by atoms with Gasteiger partial charge in [0.25, 0.3) is 0 Å². The Bertz CT molecular complexity index is 485. The Morgan fingerprint density at radius 3 is 2.65 bits per heavy atom. The van der Waals surface area contributed by atoms with Gasteiger partial charge in [0.15, 0.2) is 0 Å². The molecular weight excluding hydrogens is 252 g/mol. The van der Waals surface area contributed by atoms with Crippen molar-refractivity contribution in [1.82, 2.24) is 10.2 Å². The van der Waals surface area contributed by atoms with Crippen LogP contribution in [0.1, 0.15) is 37.9 Å². The molecule has 1 N–H and O–H groups in total. The number of ether oxygens (including phenoxy) is 1. The quantitative estimate of drug-likeness (QED) is 0.893. The summed E-state index contributed by atoms with van der Waals surface area (Å²) in [5.41, 5.74) is 0.862. The molecule has 2 aliphatic rings. The van der Waals surface area contributed by atoms with Gasteiger partial charge in [0.1, 0.15) is 11.7 Å².